The molecule has 4 nitrogen and oxygen atoms in total. The summed E-state index contributed by atoms with van der Waals surface area (Å²) < 4.78 is 17.1. The van der Waals surface area contributed by atoms with Crippen LogP contribution >= 0.6 is 0 Å². The predicted molar refractivity (Wildman–Crippen MR) is 80.8 cm³/mol. The molecule has 0 bridgehead atoms. The van der Waals surface area contributed by atoms with Gasteiger partial charge in [-0.2, -0.15) is 0 Å². The summed E-state index contributed by atoms with van der Waals surface area (Å²) in [6, 6.07) is 7.66. The highest BCUT2D eigenvalue weighted by atomic mass is 16.5. The van der Waals surface area contributed by atoms with Gasteiger partial charge in [0.25, 0.3) is 0 Å². The van der Waals surface area contributed by atoms with Crippen molar-refractivity contribution in [3.63, 3.8) is 0 Å². The van der Waals surface area contributed by atoms with E-state index >= 15 is 0 Å². The van der Waals surface area contributed by atoms with Crippen LogP contribution in [0.1, 0.15) is 35.6 Å². The molecule has 1 aromatic heterocycles. The molecular weight excluding hydrogens is 266 g/mol. The van der Waals surface area contributed by atoms with Gasteiger partial charge >= 0.3 is 0 Å². The minimum atomic E-state index is -0.225. The van der Waals surface area contributed by atoms with E-state index < -0.39 is 0 Å². The van der Waals surface area contributed by atoms with Gasteiger partial charge in [0.2, 0.25) is 0 Å². The Morgan fingerprint density at radius 3 is 2.48 bits per heavy atom. The molecule has 2 atom stereocenters. The summed E-state index contributed by atoms with van der Waals surface area (Å²) in [5.74, 6) is 3.68. The van der Waals surface area contributed by atoms with Gasteiger partial charge in [-0.15, -0.1) is 0 Å². The number of aryl methyl sites for hydroxylation is 2. The van der Waals surface area contributed by atoms with Crippen LogP contribution in [-0.2, 0) is 0 Å². The van der Waals surface area contributed by atoms with Crippen molar-refractivity contribution in [3.8, 4) is 11.5 Å². The highest BCUT2D eigenvalue weighted by Crippen LogP contribution is 2.35. The second-order valence-corrected chi connectivity index (χ2v) is 5.78. The Kier molecular flexibility index (Phi) is 3.64. The van der Waals surface area contributed by atoms with E-state index in [1.54, 1.807) is 0 Å². The summed E-state index contributed by atoms with van der Waals surface area (Å²) in [7, 11) is 0. The monoisotopic (exact) mass is 287 g/mol. The zero-order valence-corrected chi connectivity index (χ0v) is 12.7. The number of rotatable bonds is 2. The third kappa shape index (κ3) is 2.76. The molecule has 112 valence electrons. The quantitative estimate of drug-likeness (QED) is 0.920. The number of benzene rings is 1. The van der Waals surface area contributed by atoms with Crippen molar-refractivity contribution in [2.75, 3.05) is 13.2 Å². The maximum Gasteiger partial charge on any atom is 0.161 e. The normalized spacial score (nSPS) is 19.1. The number of nitrogens with two attached hydrogens (primary N) is 1. The molecule has 0 spiro atoms. The molecule has 1 aliphatic heterocycles. The summed E-state index contributed by atoms with van der Waals surface area (Å²) in [6.07, 6.45) is 0. The second kappa shape index (κ2) is 5.45. The van der Waals surface area contributed by atoms with E-state index in [1.165, 1.54) is 0 Å². The molecule has 2 unspecified atom stereocenters. The van der Waals surface area contributed by atoms with Crippen LogP contribution < -0.4 is 15.2 Å². The van der Waals surface area contributed by atoms with Gasteiger partial charge in [-0.3, -0.25) is 0 Å². The molecule has 0 saturated heterocycles. The van der Waals surface area contributed by atoms with Gasteiger partial charge in [0.15, 0.2) is 11.5 Å². The number of ether oxygens (including phenoxy) is 2. The molecule has 0 saturated carbocycles. The van der Waals surface area contributed by atoms with Crippen molar-refractivity contribution in [3.05, 3.63) is 46.9 Å². The largest absolute Gasteiger partial charge is 0.489 e. The van der Waals surface area contributed by atoms with Crippen molar-refractivity contribution < 1.29 is 13.9 Å². The van der Waals surface area contributed by atoms with Crippen LogP contribution in [0.3, 0.4) is 0 Å². The van der Waals surface area contributed by atoms with E-state index in [9.17, 15) is 0 Å². The molecule has 3 rings (SSSR count). The molecule has 4 heteroatoms. The van der Waals surface area contributed by atoms with Crippen molar-refractivity contribution in [2.45, 2.75) is 26.8 Å². The van der Waals surface area contributed by atoms with E-state index in [1.807, 2.05) is 38.1 Å². The van der Waals surface area contributed by atoms with Crippen LogP contribution in [0.25, 0.3) is 0 Å². The van der Waals surface area contributed by atoms with Crippen molar-refractivity contribution in [1.29, 1.82) is 0 Å². The first-order valence-corrected chi connectivity index (χ1v) is 7.26. The lowest BCUT2D eigenvalue weighted by molar-refractivity contribution is 0.228. The third-order valence-corrected chi connectivity index (χ3v) is 3.79. The van der Waals surface area contributed by atoms with Crippen LogP contribution in [0.2, 0.25) is 0 Å². The van der Waals surface area contributed by atoms with Gasteiger partial charge in [0.1, 0.15) is 11.5 Å². The van der Waals surface area contributed by atoms with E-state index in [0.717, 1.165) is 34.1 Å². The lowest BCUT2D eigenvalue weighted by atomic mass is 9.99. The van der Waals surface area contributed by atoms with E-state index in [4.69, 9.17) is 19.6 Å². The molecule has 0 aliphatic carbocycles. The van der Waals surface area contributed by atoms with Gasteiger partial charge in [-0.05, 0) is 37.6 Å². The summed E-state index contributed by atoms with van der Waals surface area (Å²) >= 11 is 0. The Morgan fingerprint density at radius 1 is 1.10 bits per heavy atom. The zero-order valence-electron chi connectivity index (χ0n) is 12.7. The average Bonchev–Trinajstić information content (AvgIpc) is 2.69. The Balaban J connectivity index is 1.91. The van der Waals surface area contributed by atoms with Crippen LogP contribution in [0.5, 0.6) is 11.5 Å². The highest BCUT2D eigenvalue weighted by molar-refractivity contribution is 5.46. The van der Waals surface area contributed by atoms with E-state index in [2.05, 4.69) is 6.92 Å². The first kappa shape index (κ1) is 14.0. The van der Waals surface area contributed by atoms with E-state index in [-0.39, 0.29) is 6.04 Å². The minimum Gasteiger partial charge on any atom is -0.489 e. The molecule has 1 aliphatic rings. The lowest BCUT2D eigenvalue weighted by Gasteiger charge is -2.14. The van der Waals surface area contributed by atoms with Gasteiger partial charge in [0, 0.05) is 11.5 Å². The van der Waals surface area contributed by atoms with E-state index in [0.29, 0.717) is 19.1 Å². The zero-order chi connectivity index (χ0) is 15.0. The Morgan fingerprint density at radius 2 is 1.81 bits per heavy atom. The van der Waals surface area contributed by atoms with Crippen LogP contribution in [0, 0.1) is 19.8 Å². The SMILES string of the molecule is Cc1cc(C(N)c2ccc3c(c2)OCC(C)CO3)c(C)o1. The second-order valence-electron chi connectivity index (χ2n) is 5.78. The topological polar surface area (TPSA) is 57.6 Å². The summed E-state index contributed by atoms with van der Waals surface area (Å²) in [4.78, 5) is 0. The van der Waals surface area contributed by atoms with Crippen molar-refractivity contribution in [1.82, 2.24) is 0 Å². The number of furan rings is 1. The molecule has 2 N–H and O–H groups in total. The molecule has 0 radical (unpaired) electrons. The molecule has 1 aromatic carbocycles. The van der Waals surface area contributed by atoms with Gasteiger partial charge in [-0.25, -0.2) is 0 Å². The Bertz CT molecular complexity index is 647. The van der Waals surface area contributed by atoms with Gasteiger partial charge < -0.3 is 19.6 Å². The fourth-order valence-corrected chi connectivity index (χ4v) is 2.60. The summed E-state index contributed by atoms with van der Waals surface area (Å²) in [5.41, 5.74) is 8.38. The van der Waals surface area contributed by atoms with Gasteiger partial charge in [-0.1, -0.05) is 13.0 Å². The maximum atomic E-state index is 6.37. The molecular formula is C17H21NO3. The Hall–Kier alpha value is -1.94. The summed E-state index contributed by atoms with van der Waals surface area (Å²) in [5, 5.41) is 0. The van der Waals surface area contributed by atoms with Gasteiger partial charge in [0.05, 0.1) is 19.3 Å². The Labute approximate surface area is 124 Å². The first-order valence-electron chi connectivity index (χ1n) is 7.26. The molecule has 0 fully saturated rings. The summed E-state index contributed by atoms with van der Waals surface area (Å²) in [6.45, 7) is 7.32. The number of hydrogen-bond donors (Lipinski definition) is 1. The number of fused-ring (bicyclic) bond motifs is 1. The molecule has 0 amide bonds. The van der Waals surface area contributed by atoms with Crippen LogP contribution in [-0.4, -0.2) is 13.2 Å². The lowest BCUT2D eigenvalue weighted by Crippen LogP contribution is -2.12. The fourth-order valence-electron chi connectivity index (χ4n) is 2.60. The predicted octanol–water partition coefficient (Wildman–Crippen LogP) is 3.35. The first-order chi connectivity index (χ1) is 10.0. The standard InChI is InChI=1S/C17H21NO3/c1-10-8-19-15-5-4-13(7-16(15)20-9-10)17(18)14-6-11(2)21-12(14)3/h4-7,10,17H,8-9,18H2,1-3H3. The minimum absolute atomic E-state index is 0.225. The molecule has 2 heterocycles. The molecule has 21 heavy (non-hydrogen) atoms. The smallest absolute Gasteiger partial charge is 0.161 e. The highest BCUT2D eigenvalue weighted by Gasteiger charge is 2.19. The van der Waals surface area contributed by atoms with Crippen LogP contribution in [0.15, 0.2) is 28.7 Å². The average molecular weight is 287 g/mol. The maximum absolute atomic E-state index is 6.37. The third-order valence-electron chi connectivity index (χ3n) is 3.79. The number of hydrogen-bond acceptors (Lipinski definition) is 4. The van der Waals surface area contributed by atoms with Crippen LogP contribution in [0.4, 0.5) is 0 Å². The van der Waals surface area contributed by atoms with Crippen molar-refractivity contribution in [2.24, 2.45) is 11.7 Å². The molecule has 2 aromatic rings. The fraction of sp³-hybridized carbons (Fsp3) is 0.412. The van der Waals surface area contributed by atoms with Crippen molar-refractivity contribution >= 4 is 0 Å².